The zero-order valence-corrected chi connectivity index (χ0v) is 12.9. The van der Waals surface area contributed by atoms with E-state index in [4.69, 9.17) is 16.3 Å². The molecule has 0 radical (unpaired) electrons. The number of anilines is 1. The average molecular weight is 342 g/mol. The average Bonchev–Trinajstić information content (AvgIpc) is 2.51. The number of hydrogen-bond donors (Lipinski definition) is 1. The van der Waals surface area contributed by atoms with Crippen LogP contribution in [0.1, 0.15) is 13.3 Å². The third kappa shape index (κ3) is 5.10. The van der Waals surface area contributed by atoms with E-state index in [9.17, 15) is 13.6 Å². The summed E-state index contributed by atoms with van der Waals surface area (Å²) >= 11 is 6.11. The Morgan fingerprint density at radius 2 is 1.83 bits per heavy atom. The number of rotatable bonds is 6. The first-order valence-electron chi connectivity index (χ1n) is 6.80. The number of alkyl halides is 2. The van der Waals surface area contributed by atoms with Gasteiger partial charge >= 0.3 is 6.61 Å². The van der Waals surface area contributed by atoms with Gasteiger partial charge in [0.15, 0.2) is 0 Å². The van der Waals surface area contributed by atoms with Crippen LogP contribution in [0.2, 0.25) is 5.02 Å². The molecular formula is C16H14ClF2NO3. The van der Waals surface area contributed by atoms with E-state index in [1.807, 2.05) is 0 Å². The number of nitrogens with one attached hydrogen (secondary N) is 1. The maximum absolute atomic E-state index is 12.1. The van der Waals surface area contributed by atoms with E-state index in [-0.39, 0.29) is 11.7 Å². The van der Waals surface area contributed by atoms with Crippen LogP contribution in [-0.2, 0) is 4.79 Å². The molecule has 0 saturated heterocycles. The summed E-state index contributed by atoms with van der Waals surface area (Å²) in [6.07, 6.45) is 0.364. The zero-order chi connectivity index (χ0) is 16.8. The summed E-state index contributed by atoms with van der Waals surface area (Å²) in [4.78, 5) is 11.3. The lowest BCUT2D eigenvalue weighted by molar-refractivity contribution is -0.115. The van der Waals surface area contributed by atoms with Crippen LogP contribution in [0.3, 0.4) is 0 Å². The quantitative estimate of drug-likeness (QED) is 0.796. The summed E-state index contributed by atoms with van der Waals surface area (Å²) in [5, 5.41) is 2.99. The van der Waals surface area contributed by atoms with Gasteiger partial charge in [0.2, 0.25) is 5.91 Å². The molecule has 0 unspecified atom stereocenters. The van der Waals surface area contributed by atoms with Crippen molar-refractivity contribution in [3.8, 4) is 17.2 Å². The van der Waals surface area contributed by atoms with E-state index in [2.05, 4.69) is 10.1 Å². The van der Waals surface area contributed by atoms with Crippen LogP contribution in [0.15, 0.2) is 42.5 Å². The topological polar surface area (TPSA) is 47.6 Å². The molecule has 0 aliphatic rings. The lowest BCUT2D eigenvalue weighted by Gasteiger charge is -2.10. The minimum atomic E-state index is -2.87. The van der Waals surface area contributed by atoms with E-state index in [0.29, 0.717) is 28.6 Å². The van der Waals surface area contributed by atoms with Gasteiger partial charge in [0, 0.05) is 12.1 Å². The molecule has 1 amide bonds. The molecule has 0 spiro atoms. The standard InChI is InChI=1S/C16H14ClF2NO3/c1-2-15(21)20-10-3-8-14(13(17)9-10)22-11-4-6-12(7-5-11)23-16(18)19/h3-9,16H,2H2,1H3,(H,20,21). The summed E-state index contributed by atoms with van der Waals surface area (Å²) in [5.74, 6) is 0.711. The number of halogens is 3. The maximum Gasteiger partial charge on any atom is 0.387 e. The monoisotopic (exact) mass is 341 g/mol. The van der Waals surface area contributed by atoms with Gasteiger partial charge in [0.1, 0.15) is 17.2 Å². The Kier molecular flexibility index (Phi) is 5.76. The fourth-order valence-corrected chi connectivity index (χ4v) is 1.95. The summed E-state index contributed by atoms with van der Waals surface area (Å²) < 4.78 is 34.0. The van der Waals surface area contributed by atoms with E-state index >= 15 is 0 Å². The molecule has 0 bridgehead atoms. The molecule has 23 heavy (non-hydrogen) atoms. The Hall–Kier alpha value is -2.34. The van der Waals surface area contributed by atoms with Crippen molar-refractivity contribution in [3.05, 3.63) is 47.5 Å². The molecule has 0 saturated carbocycles. The molecular weight excluding hydrogens is 328 g/mol. The Morgan fingerprint density at radius 3 is 2.39 bits per heavy atom. The molecule has 0 fully saturated rings. The minimum Gasteiger partial charge on any atom is -0.456 e. The second-order valence-electron chi connectivity index (χ2n) is 4.50. The van der Waals surface area contributed by atoms with Crippen molar-refractivity contribution in [1.82, 2.24) is 0 Å². The van der Waals surface area contributed by atoms with Crippen molar-refractivity contribution in [2.75, 3.05) is 5.32 Å². The van der Waals surface area contributed by atoms with Gasteiger partial charge in [0.05, 0.1) is 5.02 Å². The molecule has 122 valence electrons. The van der Waals surface area contributed by atoms with Crippen LogP contribution in [0.5, 0.6) is 17.2 Å². The van der Waals surface area contributed by atoms with Gasteiger partial charge < -0.3 is 14.8 Å². The van der Waals surface area contributed by atoms with Crippen LogP contribution >= 0.6 is 11.6 Å². The third-order valence-corrected chi connectivity index (χ3v) is 3.11. The van der Waals surface area contributed by atoms with Gasteiger partial charge in [-0.1, -0.05) is 18.5 Å². The van der Waals surface area contributed by atoms with Gasteiger partial charge in [-0.25, -0.2) is 0 Å². The molecule has 2 rings (SSSR count). The second-order valence-corrected chi connectivity index (χ2v) is 4.91. The normalized spacial score (nSPS) is 10.5. The first kappa shape index (κ1) is 17.0. The zero-order valence-electron chi connectivity index (χ0n) is 12.2. The van der Waals surface area contributed by atoms with Crippen LogP contribution in [0.25, 0.3) is 0 Å². The predicted octanol–water partition coefficient (Wildman–Crippen LogP) is 5.08. The van der Waals surface area contributed by atoms with Crippen LogP contribution in [0, 0.1) is 0 Å². The van der Waals surface area contributed by atoms with Gasteiger partial charge in [-0.2, -0.15) is 8.78 Å². The van der Waals surface area contributed by atoms with Crippen LogP contribution in [-0.4, -0.2) is 12.5 Å². The molecule has 7 heteroatoms. The molecule has 0 heterocycles. The van der Waals surface area contributed by atoms with Gasteiger partial charge in [-0.15, -0.1) is 0 Å². The SMILES string of the molecule is CCC(=O)Nc1ccc(Oc2ccc(OC(F)F)cc2)c(Cl)c1. The second kappa shape index (κ2) is 7.78. The van der Waals surface area contributed by atoms with E-state index in [1.54, 1.807) is 25.1 Å². The highest BCUT2D eigenvalue weighted by molar-refractivity contribution is 6.32. The lowest BCUT2D eigenvalue weighted by Crippen LogP contribution is -2.09. The Morgan fingerprint density at radius 1 is 1.17 bits per heavy atom. The first-order chi connectivity index (χ1) is 11.0. The highest BCUT2D eigenvalue weighted by atomic mass is 35.5. The Labute approximate surface area is 137 Å². The van der Waals surface area contributed by atoms with Gasteiger partial charge in [-0.05, 0) is 42.5 Å². The van der Waals surface area contributed by atoms with Crippen molar-refractivity contribution in [1.29, 1.82) is 0 Å². The molecule has 0 aromatic heterocycles. The summed E-state index contributed by atoms with van der Waals surface area (Å²) in [7, 11) is 0. The third-order valence-electron chi connectivity index (χ3n) is 2.81. The maximum atomic E-state index is 12.1. The van der Waals surface area contributed by atoms with Gasteiger partial charge in [-0.3, -0.25) is 4.79 Å². The fraction of sp³-hybridized carbons (Fsp3) is 0.188. The number of ether oxygens (including phenoxy) is 2. The number of carbonyl (C=O) groups is 1. The number of hydrogen-bond acceptors (Lipinski definition) is 3. The van der Waals surface area contributed by atoms with Crippen molar-refractivity contribution in [2.24, 2.45) is 0 Å². The molecule has 2 aromatic rings. The van der Waals surface area contributed by atoms with Gasteiger partial charge in [0.25, 0.3) is 0 Å². The van der Waals surface area contributed by atoms with E-state index in [0.717, 1.165) is 0 Å². The highest BCUT2D eigenvalue weighted by Crippen LogP contribution is 2.32. The molecule has 4 nitrogen and oxygen atoms in total. The molecule has 0 atom stereocenters. The first-order valence-corrected chi connectivity index (χ1v) is 7.18. The van der Waals surface area contributed by atoms with Crippen molar-refractivity contribution in [2.45, 2.75) is 20.0 Å². The van der Waals surface area contributed by atoms with Crippen LogP contribution < -0.4 is 14.8 Å². The summed E-state index contributed by atoms with van der Waals surface area (Å²) in [6.45, 7) is -1.13. The molecule has 2 aromatic carbocycles. The smallest absolute Gasteiger partial charge is 0.387 e. The lowest BCUT2D eigenvalue weighted by atomic mass is 10.3. The fourth-order valence-electron chi connectivity index (χ4n) is 1.73. The van der Waals surface area contributed by atoms with Crippen molar-refractivity contribution in [3.63, 3.8) is 0 Å². The predicted molar refractivity (Wildman–Crippen MR) is 83.5 cm³/mol. The Bertz CT molecular complexity index is 678. The highest BCUT2D eigenvalue weighted by Gasteiger charge is 2.08. The van der Waals surface area contributed by atoms with E-state index in [1.165, 1.54) is 24.3 Å². The summed E-state index contributed by atoms with van der Waals surface area (Å²) in [6, 6.07) is 10.5. The summed E-state index contributed by atoms with van der Waals surface area (Å²) in [5.41, 5.74) is 0.565. The largest absolute Gasteiger partial charge is 0.456 e. The number of amides is 1. The molecule has 0 aliphatic carbocycles. The van der Waals surface area contributed by atoms with E-state index < -0.39 is 6.61 Å². The number of benzene rings is 2. The minimum absolute atomic E-state index is 0.0380. The molecule has 0 aliphatic heterocycles. The molecule has 1 N–H and O–H groups in total. The van der Waals surface area contributed by atoms with Crippen molar-refractivity contribution < 1.29 is 23.0 Å². The van der Waals surface area contributed by atoms with Crippen LogP contribution in [0.4, 0.5) is 14.5 Å². The Balaban J connectivity index is 2.06. The number of carbonyl (C=O) groups excluding carboxylic acids is 1. The van der Waals surface area contributed by atoms with Crippen molar-refractivity contribution >= 4 is 23.2 Å².